The number of esters is 1. The van der Waals surface area contributed by atoms with Gasteiger partial charge in [0.25, 0.3) is 0 Å². The van der Waals surface area contributed by atoms with Crippen LogP contribution in [-0.4, -0.2) is 12.6 Å². The summed E-state index contributed by atoms with van der Waals surface area (Å²) in [6.45, 7) is 4.49. The standard InChI is InChI=1S/C13H17ClO2/c1-3-4-8-16-13(15)9-11-6-5-7-12(14)10(11)2/h5-7H,3-4,8-9H2,1-2H3. The van der Waals surface area contributed by atoms with Crippen LogP contribution in [0.4, 0.5) is 0 Å². The second kappa shape index (κ2) is 6.54. The van der Waals surface area contributed by atoms with Crippen LogP contribution in [0.2, 0.25) is 5.02 Å². The Hall–Kier alpha value is -1.02. The summed E-state index contributed by atoms with van der Waals surface area (Å²) in [5, 5.41) is 0.693. The van der Waals surface area contributed by atoms with E-state index in [0.29, 0.717) is 18.1 Å². The fraction of sp³-hybridized carbons (Fsp3) is 0.462. The van der Waals surface area contributed by atoms with Gasteiger partial charge in [-0.3, -0.25) is 4.79 Å². The Kier molecular flexibility index (Phi) is 5.33. The first kappa shape index (κ1) is 13.0. The second-order valence-electron chi connectivity index (χ2n) is 3.77. The summed E-state index contributed by atoms with van der Waals surface area (Å²) in [7, 11) is 0. The zero-order valence-corrected chi connectivity index (χ0v) is 10.5. The second-order valence-corrected chi connectivity index (χ2v) is 4.18. The van der Waals surface area contributed by atoms with Crippen LogP contribution in [0.25, 0.3) is 0 Å². The molecule has 0 aliphatic carbocycles. The van der Waals surface area contributed by atoms with E-state index in [1.807, 2.05) is 25.1 Å². The summed E-state index contributed by atoms with van der Waals surface area (Å²) in [6.07, 6.45) is 2.25. The molecule has 0 spiro atoms. The van der Waals surface area contributed by atoms with E-state index in [0.717, 1.165) is 24.0 Å². The molecule has 0 saturated heterocycles. The van der Waals surface area contributed by atoms with Gasteiger partial charge in [0, 0.05) is 5.02 Å². The van der Waals surface area contributed by atoms with Crippen molar-refractivity contribution in [3.05, 3.63) is 34.3 Å². The van der Waals surface area contributed by atoms with E-state index in [1.54, 1.807) is 0 Å². The molecule has 0 aromatic heterocycles. The number of carbonyl (C=O) groups is 1. The average Bonchev–Trinajstić information content (AvgIpc) is 2.25. The highest BCUT2D eigenvalue weighted by molar-refractivity contribution is 6.31. The Balaban J connectivity index is 2.53. The van der Waals surface area contributed by atoms with Gasteiger partial charge in [-0.2, -0.15) is 0 Å². The smallest absolute Gasteiger partial charge is 0.310 e. The molecule has 0 unspecified atom stereocenters. The lowest BCUT2D eigenvalue weighted by molar-refractivity contribution is -0.142. The van der Waals surface area contributed by atoms with Gasteiger partial charge in [0.05, 0.1) is 13.0 Å². The van der Waals surface area contributed by atoms with Gasteiger partial charge in [-0.25, -0.2) is 0 Å². The first-order valence-electron chi connectivity index (χ1n) is 5.54. The van der Waals surface area contributed by atoms with Crippen LogP contribution in [0.1, 0.15) is 30.9 Å². The van der Waals surface area contributed by atoms with Crippen molar-refractivity contribution in [2.24, 2.45) is 0 Å². The lowest BCUT2D eigenvalue weighted by atomic mass is 10.1. The lowest BCUT2D eigenvalue weighted by Crippen LogP contribution is -2.09. The fourth-order valence-corrected chi connectivity index (χ4v) is 1.57. The number of hydrogen-bond acceptors (Lipinski definition) is 2. The van der Waals surface area contributed by atoms with Gasteiger partial charge in [-0.1, -0.05) is 37.1 Å². The van der Waals surface area contributed by atoms with Gasteiger partial charge in [-0.15, -0.1) is 0 Å². The van der Waals surface area contributed by atoms with E-state index in [-0.39, 0.29) is 5.97 Å². The van der Waals surface area contributed by atoms with E-state index in [1.165, 1.54) is 0 Å². The molecule has 0 fully saturated rings. The Morgan fingerprint density at radius 3 is 2.88 bits per heavy atom. The molecule has 3 heteroatoms. The van der Waals surface area contributed by atoms with E-state index in [2.05, 4.69) is 6.92 Å². The highest BCUT2D eigenvalue weighted by atomic mass is 35.5. The van der Waals surface area contributed by atoms with Crippen LogP contribution in [0.3, 0.4) is 0 Å². The molecule has 1 rings (SSSR count). The molecule has 88 valence electrons. The quantitative estimate of drug-likeness (QED) is 0.581. The van der Waals surface area contributed by atoms with Gasteiger partial charge < -0.3 is 4.74 Å². The third kappa shape index (κ3) is 3.86. The highest BCUT2D eigenvalue weighted by Crippen LogP contribution is 2.19. The minimum atomic E-state index is -0.182. The number of benzene rings is 1. The number of halogens is 1. The number of rotatable bonds is 5. The molecule has 0 aliphatic heterocycles. The third-order valence-electron chi connectivity index (χ3n) is 2.48. The summed E-state index contributed by atoms with van der Waals surface area (Å²) in [4.78, 5) is 11.5. The predicted octanol–water partition coefficient (Wildman–Crippen LogP) is 3.53. The normalized spacial score (nSPS) is 10.2. The van der Waals surface area contributed by atoms with Gasteiger partial charge >= 0.3 is 5.97 Å². The Bertz CT molecular complexity index is 361. The molecule has 0 N–H and O–H groups in total. The summed E-state index contributed by atoms with van der Waals surface area (Å²) in [5.41, 5.74) is 1.89. The summed E-state index contributed by atoms with van der Waals surface area (Å²) in [6, 6.07) is 5.58. The molecular formula is C13H17ClO2. The summed E-state index contributed by atoms with van der Waals surface area (Å²) >= 11 is 5.97. The molecule has 0 amide bonds. The first-order chi connectivity index (χ1) is 7.65. The monoisotopic (exact) mass is 240 g/mol. The Labute approximate surface area is 102 Å². The molecule has 1 aromatic rings. The molecule has 16 heavy (non-hydrogen) atoms. The molecule has 0 atom stereocenters. The fourth-order valence-electron chi connectivity index (χ4n) is 1.38. The van der Waals surface area contributed by atoms with Crippen molar-refractivity contribution in [3.8, 4) is 0 Å². The number of unbranched alkanes of at least 4 members (excludes halogenated alkanes) is 1. The average molecular weight is 241 g/mol. The number of carbonyl (C=O) groups excluding carboxylic acids is 1. The molecule has 0 heterocycles. The molecule has 1 aromatic carbocycles. The summed E-state index contributed by atoms with van der Waals surface area (Å²) in [5.74, 6) is -0.182. The highest BCUT2D eigenvalue weighted by Gasteiger charge is 2.08. The maximum absolute atomic E-state index is 11.5. The maximum Gasteiger partial charge on any atom is 0.310 e. The van der Waals surface area contributed by atoms with Gasteiger partial charge in [0.1, 0.15) is 0 Å². The van der Waals surface area contributed by atoms with Crippen LogP contribution in [-0.2, 0) is 16.0 Å². The van der Waals surface area contributed by atoms with E-state index in [4.69, 9.17) is 16.3 Å². The largest absolute Gasteiger partial charge is 0.465 e. The maximum atomic E-state index is 11.5. The van der Waals surface area contributed by atoms with Crippen LogP contribution >= 0.6 is 11.6 Å². The third-order valence-corrected chi connectivity index (χ3v) is 2.89. The zero-order valence-electron chi connectivity index (χ0n) is 9.75. The SMILES string of the molecule is CCCCOC(=O)Cc1cccc(Cl)c1C. The van der Waals surface area contributed by atoms with Gasteiger partial charge in [0.15, 0.2) is 0 Å². The van der Waals surface area contributed by atoms with Crippen molar-refractivity contribution < 1.29 is 9.53 Å². The molecular weight excluding hydrogens is 224 g/mol. The van der Waals surface area contributed by atoms with Gasteiger partial charge in [0.2, 0.25) is 0 Å². The first-order valence-corrected chi connectivity index (χ1v) is 5.92. The molecule has 0 bridgehead atoms. The van der Waals surface area contributed by atoms with E-state index in [9.17, 15) is 4.79 Å². The van der Waals surface area contributed by atoms with E-state index < -0.39 is 0 Å². The topological polar surface area (TPSA) is 26.3 Å². The van der Waals surface area contributed by atoms with Crippen LogP contribution in [0.15, 0.2) is 18.2 Å². The van der Waals surface area contributed by atoms with Gasteiger partial charge in [-0.05, 0) is 30.5 Å². The summed E-state index contributed by atoms with van der Waals surface area (Å²) < 4.78 is 5.10. The van der Waals surface area contributed by atoms with Crippen molar-refractivity contribution in [2.45, 2.75) is 33.1 Å². The molecule has 0 radical (unpaired) electrons. The zero-order chi connectivity index (χ0) is 12.0. The lowest BCUT2D eigenvalue weighted by Gasteiger charge is -2.07. The van der Waals surface area contributed by atoms with Crippen LogP contribution in [0.5, 0.6) is 0 Å². The van der Waals surface area contributed by atoms with Crippen LogP contribution < -0.4 is 0 Å². The minimum Gasteiger partial charge on any atom is -0.465 e. The van der Waals surface area contributed by atoms with Crippen molar-refractivity contribution in [2.75, 3.05) is 6.61 Å². The van der Waals surface area contributed by atoms with E-state index >= 15 is 0 Å². The number of hydrogen-bond donors (Lipinski definition) is 0. The predicted molar refractivity (Wildman–Crippen MR) is 65.8 cm³/mol. The molecule has 2 nitrogen and oxygen atoms in total. The van der Waals surface area contributed by atoms with Crippen molar-refractivity contribution in [1.82, 2.24) is 0 Å². The van der Waals surface area contributed by atoms with Crippen LogP contribution in [0, 0.1) is 6.92 Å². The Morgan fingerprint density at radius 1 is 1.44 bits per heavy atom. The van der Waals surface area contributed by atoms with Crippen molar-refractivity contribution in [1.29, 1.82) is 0 Å². The number of ether oxygens (including phenoxy) is 1. The molecule has 0 saturated carbocycles. The Morgan fingerprint density at radius 2 is 2.19 bits per heavy atom. The van der Waals surface area contributed by atoms with Crippen molar-refractivity contribution in [3.63, 3.8) is 0 Å². The minimum absolute atomic E-state index is 0.182. The van der Waals surface area contributed by atoms with Crippen molar-refractivity contribution >= 4 is 17.6 Å². The molecule has 0 aliphatic rings.